The van der Waals surface area contributed by atoms with Gasteiger partial charge in [0.25, 0.3) is 0 Å². The van der Waals surface area contributed by atoms with Crippen molar-refractivity contribution in [3.05, 3.63) is 29.3 Å². The quantitative estimate of drug-likeness (QED) is 0.798. The highest BCUT2D eigenvalue weighted by Crippen LogP contribution is 2.49. The smallest absolute Gasteiger partial charge is 0.122 e. The molecular weight excluding hydrogens is 186 g/mol. The SMILES string of the molecule is C[C@H](N)[C@@H]1C[C@H]1c1ccc2c(c1)CCO2. The summed E-state index contributed by atoms with van der Waals surface area (Å²) >= 11 is 0. The summed E-state index contributed by atoms with van der Waals surface area (Å²) < 4.78 is 5.50. The second-order valence-electron chi connectivity index (χ2n) is 4.83. The van der Waals surface area contributed by atoms with Crippen LogP contribution >= 0.6 is 0 Å². The lowest BCUT2D eigenvalue weighted by molar-refractivity contribution is 0.357. The summed E-state index contributed by atoms with van der Waals surface area (Å²) in [5, 5.41) is 0. The first-order valence-corrected chi connectivity index (χ1v) is 5.77. The average Bonchev–Trinajstić information content (AvgIpc) is 2.89. The molecule has 0 spiro atoms. The Kier molecular flexibility index (Phi) is 1.99. The van der Waals surface area contributed by atoms with Gasteiger partial charge >= 0.3 is 0 Å². The highest BCUT2D eigenvalue weighted by molar-refractivity contribution is 5.42. The van der Waals surface area contributed by atoms with Crippen LogP contribution in [0.5, 0.6) is 5.75 Å². The molecular formula is C13H17NO. The molecule has 1 heterocycles. The predicted octanol–water partition coefficient (Wildman–Crippen LogP) is 2.07. The van der Waals surface area contributed by atoms with Crippen LogP contribution in [0.2, 0.25) is 0 Å². The van der Waals surface area contributed by atoms with E-state index < -0.39 is 0 Å². The van der Waals surface area contributed by atoms with Crippen molar-refractivity contribution in [2.24, 2.45) is 11.7 Å². The monoisotopic (exact) mass is 203 g/mol. The molecule has 0 amide bonds. The molecule has 2 nitrogen and oxygen atoms in total. The van der Waals surface area contributed by atoms with Crippen LogP contribution in [0, 0.1) is 5.92 Å². The Hall–Kier alpha value is -1.02. The molecule has 1 aliphatic carbocycles. The minimum atomic E-state index is 0.333. The Morgan fingerprint density at radius 2 is 2.33 bits per heavy atom. The third-order valence-corrected chi connectivity index (χ3v) is 3.66. The van der Waals surface area contributed by atoms with Gasteiger partial charge in [0, 0.05) is 12.5 Å². The second-order valence-corrected chi connectivity index (χ2v) is 4.83. The van der Waals surface area contributed by atoms with Gasteiger partial charge in [-0.25, -0.2) is 0 Å². The summed E-state index contributed by atoms with van der Waals surface area (Å²) in [6.07, 6.45) is 2.33. The lowest BCUT2D eigenvalue weighted by Gasteiger charge is -2.05. The first-order valence-electron chi connectivity index (χ1n) is 5.77. The van der Waals surface area contributed by atoms with Gasteiger partial charge in [0.15, 0.2) is 0 Å². The van der Waals surface area contributed by atoms with Gasteiger partial charge in [-0.1, -0.05) is 12.1 Å². The van der Waals surface area contributed by atoms with Gasteiger partial charge in [0.2, 0.25) is 0 Å². The van der Waals surface area contributed by atoms with Crippen LogP contribution in [0.15, 0.2) is 18.2 Å². The van der Waals surface area contributed by atoms with Crippen LogP contribution in [-0.2, 0) is 6.42 Å². The molecule has 15 heavy (non-hydrogen) atoms. The number of benzene rings is 1. The number of fused-ring (bicyclic) bond motifs is 1. The van der Waals surface area contributed by atoms with Gasteiger partial charge in [0.1, 0.15) is 5.75 Å². The summed E-state index contributed by atoms with van der Waals surface area (Å²) in [5.41, 5.74) is 8.75. The van der Waals surface area contributed by atoms with E-state index in [4.69, 9.17) is 10.5 Å². The van der Waals surface area contributed by atoms with Crippen LogP contribution in [-0.4, -0.2) is 12.6 Å². The van der Waals surface area contributed by atoms with Gasteiger partial charge in [0.05, 0.1) is 6.61 Å². The van der Waals surface area contributed by atoms with Crippen molar-refractivity contribution in [3.63, 3.8) is 0 Å². The zero-order valence-corrected chi connectivity index (χ0v) is 9.07. The van der Waals surface area contributed by atoms with Crippen LogP contribution in [0.3, 0.4) is 0 Å². The molecule has 1 aromatic carbocycles. The molecule has 0 bridgehead atoms. The third kappa shape index (κ3) is 1.53. The standard InChI is InChI=1S/C13H17NO/c1-8(14)11-7-12(11)9-2-3-13-10(6-9)4-5-15-13/h2-3,6,8,11-12H,4-5,7,14H2,1H3/t8-,11-,12-/m0/s1. The summed E-state index contributed by atoms with van der Waals surface area (Å²) in [5.74, 6) is 2.48. The molecule has 3 atom stereocenters. The van der Waals surface area contributed by atoms with E-state index in [9.17, 15) is 0 Å². The highest BCUT2D eigenvalue weighted by Gasteiger charge is 2.40. The minimum absolute atomic E-state index is 0.333. The summed E-state index contributed by atoms with van der Waals surface area (Å²) in [4.78, 5) is 0. The molecule has 1 aromatic rings. The molecule has 1 aliphatic heterocycles. The fourth-order valence-corrected chi connectivity index (χ4v) is 2.62. The van der Waals surface area contributed by atoms with Crippen molar-refractivity contribution in [3.8, 4) is 5.75 Å². The van der Waals surface area contributed by atoms with Crippen LogP contribution in [0.4, 0.5) is 0 Å². The molecule has 2 aliphatic rings. The van der Waals surface area contributed by atoms with Gasteiger partial charge in [-0.15, -0.1) is 0 Å². The van der Waals surface area contributed by atoms with E-state index in [0.717, 1.165) is 18.8 Å². The van der Waals surface area contributed by atoms with Crippen molar-refractivity contribution < 1.29 is 4.74 Å². The summed E-state index contributed by atoms with van der Waals surface area (Å²) in [7, 11) is 0. The van der Waals surface area contributed by atoms with Crippen LogP contribution in [0.1, 0.15) is 30.4 Å². The first-order chi connectivity index (χ1) is 7.25. The third-order valence-electron chi connectivity index (χ3n) is 3.66. The van der Waals surface area contributed by atoms with E-state index in [-0.39, 0.29) is 0 Å². The molecule has 2 N–H and O–H groups in total. The Bertz CT molecular complexity index is 386. The van der Waals surface area contributed by atoms with Crippen molar-refractivity contribution >= 4 is 0 Å². The van der Waals surface area contributed by atoms with Gasteiger partial charge in [-0.05, 0) is 42.4 Å². The van der Waals surface area contributed by atoms with E-state index in [1.807, 2.05) is 0 Å². The van der Waals surface area contributed by atoms with Crippen LogP contribution < -0.4 is 10.5 Å². The van der Waals surface area contributed by atoms with Crippen molar-refractivity contribution in [2.75, 3.05) is 6.61 Å². The average molecular weight is 203 g/mol. The topological polar surface area (TPSA) is 35.2 Å². The van der Waals surface area contributed by atoms with E-state index in [1.165, 1.54) is 17.5 Å². The van der Waals surface area contributed by atoms with E-state index in [0.29, 0.717) is 17.9 Å². The van der Waals surface area contributed by atoms with Gasteiger partial charge < -0.3 is 10.5 Å². The Morgan fingerprint density at radius 3 is 3.07 bits per heavy atom. The predicted molar refractivity (Wildman–Crippen MR) is 60.1 cm³/mol. The maximum Gasteiger partial charge on any atom is 0.122 e. The molecule has 80 valence electrons. The van der Waals surface area contributed by atoms with E-state index in [2.05, 4.69) is 25.1 Å². The van der Waals surface area contributed by atoms with Crippen molar-refractivity contribution in [1.82, 2.24) is 0 Å². The summed E-state index contributed by atoms with van der Waals surface area (Å²) in [6, 6.07) is 6.97. The summed E-state index contributed by atoms with van der Waals surface area (Å²) in [6.45, 7) is 2.96. The number of rotatable bonds is 2. The molecule has 0 saturated heterocycles. The highest BCUT2D eigenvalue weighted by atomic mass is 16.5. The fourth-order valence-electron chi connectivity index (χ4n) is 2.62. The molecule has 1 fully saturated rings. The zero-order valence-electron chi connectivity index (χ0n) is 9.07. The molecule has 0 radical (unpaired) electrons. The number of nitrogens with two attached hydrogens (primary N) is 1. The maximum absolute atomic E-state index is 5.91. The largest absolute Gasteiger partial charge is 0.493 e. The fraction of sp³-hybridized carbons (Fsp3) is 0.538. The Labute approximate surface area is 90.4 Å². The number of ether oxygens (including phenoxy) is 1. The van der Waals surface area contributed by atoms with Crippen LogP contribution in [0.25, 0.3) is 0 Å². The van der Waals surface area contributed by atoms with Gasteiger partial charge in [-0.2, -0.15) is 0 Å². The molecule has 1 saturated carbocycles. The normalized spacial score (nSPS) is 29.5. The zero-order chi connectivity index (χ0) is 10.4. The number of hydrogen-bond acceptors (Lipinski definition) is 2. The molecule has 0 aromatic heterocycles. The van der Waals surface area contributed by atoms with E-state index >= 15 is 0 Å². The first kappa shape index (κ1) is 9.22. The van der Waals surface area contributed by atoms with Crippen molar-refractivity contribution in [2.45, 2.75) is 31.7 Å². The van der Waals surface area contributed by atoms with E-state index in [1.54, 1.807) is 0 Å². The Balaban J connectivity index is 1.83. The number of hydrogen-bond donors (Lipinski definition) is 1. The molecule has 2 heteroatoms. The van der Waals surface area contributed by atoms with Crippen molar-refractivity contribution in [1.29, 1.82) is 0 Å². The molecule has 0 unspecified atom stereocenters. The van der Waals surface area contributed by atoms with Gasteiger partial charge in [-0.3, -0.25) is 0 Å². The second kappa shape index (κ2) is 3.24. The maximum atomic E-state index is 5.91. The minimum Gasteiger partial charge on any atom is -0.493 e. The molecule has 3 rings (SSSR count). The lowest BCUT2D eigenvalue weighted by Crippen LogP contribution is -2.17. The Morgan fingerprint density at radius 1 is 1.47 bits per heavy atom. The lowest BCUT2D eigenvalue weighted by atomic mass is 10.0.